The summed E-state index contributed by atoms with van der Waals surface area (Å²) in [6.45, 7) is 0. The van der Waals surface area contributed by atoms with Crippen molar-refractivity contribution in [1.82, 2.24) is 0 Å². The van der Waals surface area contributed by atoms with Crippen molar-refractivity contribution < 1.29 is 0 Å². The molecule has 0 atom stereocenters. The van der Waals surface area contributed by atoms with Crippen LogP contribution in [0.5, 0.6) is 0 Å². The summed E-state index contributed by atoms with van der Waals surface area (Å²) in [4.78, 5) is 0. The van der Waals surface area contributed by atoms with Crippen LogP contribution in [0, 0.1) is 12.1 Å². The predicted octanol–water partition coefficient (Wildman–Crippen LogP) is 4.90. The second-order valence-corrected chi connectivity index (χ2v) is 4.43. The molecule has 0 nitrogen and oxygen atoms in total. The van der Waals surface area contributed by atoms with Crippen molar-refractivity contribution in [2.24, 2.45) is 0 Å². The van der Waals surface area contributed by atoms with E-state index in [1.807, 2.05) is 24.3 Å². The first-order chi connectivity index (χ1) is 7.74. The molecular weight excluding hydrogens is 239 g/mol. The molecule has 3 aromatic rings. The molecule has 2 radical (unpaired) electrons. The third kappa shape index (κ3) is 1.55. The van der Waals surface area contributed by atoms with Crippen molar-refractivity contribution in [3.8, 4) is 0 Å². The summed E-state index contributed by atoms with van der Waals surface area (Å²) in [5.41, 5.74) is 0. The van der Waals surface area contributed by atoms with Crippen LogP contribution in [0.15, 0.2) is 36.4 Å². The van der Waals surface area contributed by atoms with Gasteiger partial charge in [-0.25, -0.2) is 0 Å². The van der Waals surface area contributed by atoms with Gasteiger partial charge in [0.15, 0.2) is 0 Å². The van der Waals surface area contributed by atoms with Gasteiger partial charge in [-0.15, -0.1) is 0 Å². The molecule has 0 aliphatic heterocycles. The van der Waals surface area contributed by atoms with Gasteiger partial charge in [-0.3, -0.25) is 0 Å². The van der Waals surface area contributed by atoms with Crippen LogP contribution in [0.2, 0.25) is 10.0 Å². The molecule has 0 fully saturated rings. The fourth-order valence-electron chi connectivity index (χ4n) is 1.80. The van der Waals surface area contributed by atoms with Gasteiger partial charge in [-0.05, 0) is 51.9 Å². The van der Waals surface area contributed by atoms with Gasteiger partial charge in [-0.2, -0.15) is 0 Å². The highest BCUT2D eigenvalue weighted by atomic mass is 35.5. The van der Waals surface area contributed by atoms with Gasteiger partial charge < -0.3 is 0 Å². The second-order valence-electron chi connectivity index (χ2n) is 3.64. The number of hydrogen-bond acceptors (Lipinski definition) is 0. The molecule has 3 aromatic carbocycles. The highest BCUT2D eigenvalue weighted by molar-refractivity contribution is 6.42. The summed E-state index contributed by atoms with van der Waals surface area (Å²) in [6, 6.07) is 18.0. The fraction of sp³-hybridized carbons (Fsp3) is 0. The molecule has 0 bridgehead atoms. The van der Waals surface area contributed by atoms with Crippen molar-refractivity contribution in [2.45, 2.75) is 0 Å². The smallest absolute Gasteiger partial charge is 0.0677 e. The molecule has 0 spiro atoms. The van der Waals surface area contributed by atoms with Crippen LogP contribution in [0.4, 0.5) is 0 Å². The van der Waals surface area contributed by atoms with E-state index in [9.17, 15) is 0 Å². The summed E-state index contributed by atoms with van der Waals surface area (Å²) >= 11 is 11.9. The van der Waals surface area contributed by atoms with E-state index in [-0.39, 0.29) is 0 Å². The van der Waals surface area contributed by atoms with E-state index in [2.05, 4.69) is 24.3 Å². The van der Waals surface area contributed by atoms with E-state index in [4.69, 9.17) is 23.2 Å². The van der Waals surface area contributed by atoms with Crippen LogP contribution >= 0.6 is 23.2 Å². The summed E-state index contributed by atoms with van der Waals surface area (Å²) in [6.07, 6.45) is 0. The van der Waals surface area contributed by atoms with E-state index in [1.165, 1.54) is 0 Å². The Hall–Kier alpha value is -1.24. The molecule has 3 rings (SSSR count). The van der Waals surface area contributed by atoms with E-state index in [0.717, 1.165) is 21.5 Å². The molecule has 0 N–H and O–H groups in total. The van der Waals surface area contributed by atoms with E-state index >= 15 is 0 Å². The Labute approximate surface area is 103 Å². The van der Waals surface area contributed by atoms with E-state index in [0.29, 0.717) is 10.0 Å². The minimum atomic E-state index is 0.469. The third-order valence-electron chi connectivity index (χ3n) is 2.59. The van der Waals surface area contributed by atoms with Gasteiger partial charge in [0.25, 0.3) is 0 Å². The van der Waals surface area contributed by atoms with E-state index < -0.39 is 0 Å². The van der Waals surface area contributed by atoms with Gasteiger partial charge in [-0.1, -0.05) is 35.3 Å². The fourth-order valence-corrected chi connectivity index (χ4v) is 2.12. The lowest BCUT2D eigenvalue weighted by Gasteiger charge is -2.03. The van der Waals surface area contributed by atoms with Crippen molar-refractivity contribution in [1.29, 1.82) is 0 Å². The lowest BCUT2D eigenvalue weighted by Crippen LogP contribution is -1.78. The molecule has 0 saturated heterocycles. The lowest BCUT2D eigenvalue weighted by molar-refractivity contribution is 1.74. The maximum atomic E-state index is 5.97. The summed E-state index contributed by atoms with van der Waals surface area (Å²) in [5, 5.41) is 5.32. The molecule has 16 heavy (non-hydrogen) atoms. The summed E-state index contributed by atoms with van der Waals surface area (Å²) in [5.74, 6) is 0. The monoisotopic (exact) mass is 244 g/mol. The topological polar surface area (TPSA) is 0 Å². The van der Waals surface area contributed by atoms with Crippen molar-refractivity contribution >= 4 is 44.7 Å². The molecule has 76 valence electrons. The highest BCUT2D eigenvalue weighted by Crippen LogP contribution is 2.29. The molecule has 0 heterocycles. The van der Waals surface area contributed by atoms with Crippen LogP contribution in [0.3, 0.4) is 0 Å². The van der Waals surface area contributed by atoms with Crippen molar-refractivity contribution in [3.05, 3.63) is 58.6 Å². The van der Waals surface area contributed by atoms with Crippen molar-refractivity contribution in [3.63, 3.8) is 0 Å². The summed E-state index contributed by atoms with van der Waals surface area (Å²) < 4.78 is 0. The Morgan fingerprint density at radius 3 is 2.69 bits per heavy atom. The van der Waals surface area contributed by atoms with Crippen LogP contribution in [-0.2, 0) is 0 Å². The van der Waals surface area contributed by atoms with Gasteiger partial charge >= 0.3 is 0 Å². The average molecular weight is 245 g/mol. The summed E-state index contributed by atoms with van der Waals surface area (Å²) in [7, 11) is 0. The van der Waals surface area contributed by atoms with Gasteiger partial charge in [0.2, 0.25) is 0 Å². The van der Waals surface area contributed by atoms with Gasteiger partial charge in [0.1, 0.15) is 0 Å². The van der Waals surface area contributed by atoms with Crippen LogP contribution in [0.25, 0.3) is 21.5 Å². The Morgan fingerprint density at radius 1 is 0.938 bits per heavy atom. The average Bonchev–Trinajstić information content (AvgIpc) is 2.28. The quantitative estimate of drug-likeness (QED) is 0.494. The molecule has 0 amide bonds. The number of fused-ring (bicyclic) bond motifs is 2. The Bertz CT molecular complexity index is 627. The molecular formula is C14H6Cl2. The Kier molecular flexibility index (Phi) is 2.27. The zero-order valence-corrected chi connectivity index (χ0v) is 9.73. The maximum Gasteiger partial charge on any atom is 0.0677 e. The van der Waals surface area contributed by atoms with Crippen LogP contribution in [0.1, 0.15) is 0 Å². The van der Waals surface area contributed by atoms with Crippen LogP contribution in [-0.4, -0.2) is 0 Å². The molecule has 0 saturated carbocycles. The first-order valence-corrected chi connectivity index (χ1v) is 5.60. The third-order valence-corrected chi connectivity index (χ3v) is 3.28. The zero-order chi connectivity index (χ0) is 11.1. The Balaban J connectivity index is 2.46. The maximum absolute atomic E-state index is 5.97. The minimum Gasteiger partial charge on any atom is -0.0827 e. The normalized spacial score (nSPS) is 11.1. The van der Waals surface area contributed by atoms with E-state index in [1.54, 1.807) is 0 Å². The first-order valence-electron chi connectivity index (χ1n) is 4.85. The lowest BCUT2D eigenvalue weighted by atomic mass is 10.0. The first kappa shape index (κ1) is 9.95. The minimum absolute atomic E-state index is 0.469. The van der Waals surface area contributed by atoms with Gasteiger partial charge in [0, 0.05) is 6.07 Å². The standard InChI is InChI=1S/C14H6Cl2/c15-13-7-11-5-9-3-1-2-4-10(9)6-12(11)8-14(13)16/h1,3-6,8H. The highest BCUT2D eigenvalue weighted by Gasteiger charge is 2.03. The number of halogens is 2. The van der Waals surface area contributed by atoms with Gasteiger partial charge in [0.05, 0.1) is 10.0 Å². The molecule has 0 aliphatic carbocycles. The molecule has 0 aliphatic rings. The van der Waals surface area contributed by atoms with Crippen molar-refractivity contribution in [2.75, 3.05) is 0 Å². The number of rotatable bonds is 0. The second kappa shape index (κ2) is 3.65. The zero-order valence-electron chi connectivity index (χ0n) is 8.22. The molecule has 0 aromatic heterocycles. The number of hydrogen-bond donors (Lipinski definition) is 0. The predicted molar refractivity (Wildman–Crippen MR) is 69.1 cm³/mol. The molecule has 2 heteroatoms. The SMILES string of the molecule is Clc1[c]c2cc3cc[c]cc3cc2cc1Cl. The van der Waals surface area contributed by atoms with Crippen LogP contribution < -0.4 is 0 Å². The number of benzene rings is 3. The largest absolute Gasteiger partial charge is 0.0827 e. The Morgan fingerprint density at radius 2 is 1.81 bits per heavy atom. The molecule has 0 unspecified atom stereocenters.